The summed E-state index contributed by atoms with van der Waals surface area (Å²) in [4.78, 5) is 15.1. The number of hydrogen-bond acceptors (Lipinski definition) is 4. The maximum atomic E-state index is 10.9. The fourth-order valence-electron chi connectivity index (χ4n) is 1.28. The molecule has 7 heteroatoms. The zero-order chi connectivity index (χ0) is 13.1. The third-order valence-electron chi connectivity index (χ3n) is 2.04. The van der Waals surface area contributed by atoms with E-state index in [2.05, 4.69) is 20.9 Å². The first-order chi connectivity index (χ1) is 8.58. The normalized spacial score (nSPS) is 10.3. The zero-order valence-electron chi connectivity index (χ0n) is 8.84. The van der Waals surface area contributed by atoms with Crippen molar-refractivity contribution >= 4 is 45.0 Å². The van der Waals surface area contributed by atoms with Crippen molar-refractivity contribution in [3.05, 3.63) is 56.1 Å². The van der Waals surface area contributed by atoms with Gasteiger partial charge in [0.05, 0.1) is 14.8 Å². The molecule has 0 unspecified atom stereocenters. The minimum atomic E-state index is -0.422. The van der Waals surface area contributed by atoms with E-state index >= 15 is 0 Å². The molecule has 1 aromatic carbocycles. The largest absolute Gasteiger partial charge is 0.283 e. The average Bonchev–Trinajstić information content (AvgIpc) is 2.33. The fraction of sp³-hybridized carbons (Fsp3) is 0. The summed E-state index contributed by atoms with van der Waals surface area (Å²) >= 11 is 10.5. The number of nitro groups is 1. The smallest absolute Gasteiger partial charge is 0.258 e. The van der Waals surface area contributed by atoms with Crippen molar-refractivity contribution in [3.63, 3.8) is 0 Å². The molecule has 2 rings (SSSR count). The van der Waals surface area contributed by atoms with Crippen LogP contribution in [0.2, 0.25) is 5.02 Å². The standard InChI is InChI=1S/C11H6BrClN2O2S/c12-7-5-8(13)11(14-6-7)18-10-4-2-1-3-9(10)15(16)17/h1-6H. The van der Waals surface area contributed by atoms with Crippen LogP contribution in [0.15, 0.2) is 50.9 Å². The second kappa shape index (κ2) is 5.69. The lowest BCUT2D eigenvalue weighted by Gasteiger charge is -2.04. The molecule has 18 heavy (non-hydrogen) atoms. The van der Waals surface area contributed by atoms with Gasteiger partial charge in [-0.1, -0.05) is 35.5 Å². The SMILES string of the molecule is O=[N+]([O-])c1ccccc1Sc1ncc(Br)cc1Cl. The van der Waals surface area contributed by atoms with Crippen LogP contribution < -0.4 is 0 Å². The molecule has 0 N–H and O–H groups in total. The Kier molecular flexibility index (Phi) is 4.21. The molecule has 0 aliphatic rings. The van der Waals surface area contributed by atoms with Crippen LogP contribution in [-0.2, 0) is 0 Å². The number of para-hydroxylation sites is 1. The maximum absolute atomic E-state index is 10.9. The molecule has 0 saturated carbocycles. The molecule has 1 heterocycles. The molecule has 0 atom stereocenters. The molecule has 92 valence electrons. The second-order valence-electron chi connectivity index (χ2n) is 3.27. The van der Waals surface area contributed by atoms with Crippen LogP contribution in [-0.4, -0.2) is 9.91 Å². The van der Waals surface area contributed by atoms with Crippen molar-refractivity contribution in [2.75, 3.05) is 0 Å². The summed E-state index contributed by atoms with van der Waals surface area (Å²) < 4.78 is 0.763. The van der Waals surface area contributed by atoms with Gasteiger partial charge in [0, 0.05) is 16.7 Å². The molecular formula is C11H6BrClN2O2S. The highest BCUT2D eigenvalue weighted by Crippen LogP contribution is 2.37. The Hall–Kier alpha value is -1.11. The van der Waals surface area contributed by atoms with Gasteiger partial charge in [0.1, 0.15) is 5.03 Å². The van der Waals surface area contributed by atoms with Gasteiger partial charge in [-0.3, -0.25) is 10.1 Å². The number of benzene rings is 1. The molecule has 0 aliphatic carbocycles. The lowest BCUT2D eigenvalue weighted by molar-refractivity contribution is -0.387. The van der Waals surface area contributed by atoms with E-state index in [1.807, 2.05) is 0 Å². The minimum absolute atomic E-state index is 0.0447. The third-order valence-corrected chi connectivity index (χ3v) is 3.96. The van der Waals surface area contributed by atoms with Crippen LogP contribution in [0.5, 0.6) is 0 Å². The summed E-state index contributed by atoms with van der Waals surface area (Å²) in [6, 6.07) is 8.19. The molecule has 0 radical (unpaired) electrons. The van der Waals surface area contributed by atoms with Crippen molar-refractivity contribution in [2.24, 2.45) is 0 Å². The van der Waals surface area contributed by atoms with Gasteiger partial charge in [0.25, 0.3) is 5.69 Å². The lowest BCUT2D eigenvalue weighted by atomic mass is 10.3. The van der Waals surface area contributed by atoms with Crippen LogP contribution in [0.4, 0.5) is 5.69 Å². The fourth-order valence-corrected chi connectivity index (χ4v) is 2.88. The van der Waals surface area contributed by atoms with Gasteiger partial charge >= 0.3 is 0 Å². The van der Waals surface area contributed by atoms with Crippen molar-refractivity contribution in [1.82, 2.24) is 4.98 Å². The minimum Gasteiger partial charge on any atom is -0.258 e. The predicted molar refractivity (Wildman–Crippen MR) is 74.2 cm³/mol. The van der Waals surface area contributed by atoms with E-state index in [9.17, 15) is 10.1 Å². The van der Waals surface area contributed by atoms with E-state index in [1.165, 1.54) is 17.8 Å². The predicted octanol–water partition coefficient (Wildman–Crippen LogP) is 4.56. The molecule has 0 bridgehead atoms. The Morgan fingerprint density at radius 1 is 1.39 bits per heavy atom. The van der Waals surface area contributed by atoms with E-state index in [-0.39, 0.29) is 5.69 Å². The van der Waals surface area contributed by atoms with E-state index in [4.69, 9.17) is 11.6 Å². The Labute approximate surface area is 121 Å². The van der Waals surface area contributed by atoms with Gasteiger partial charge in [-0.15, -0.1) is 0 Å². The summed E-state index contributed by atoms with van der Waals surface area (Å²) in [6.07, 6.45) is 1.60. The molecule has 0 spiro atoms. The van der Waals surface area contributed by atoms with Gasteiger partial charge in [-0.25, -0.2) is 4.98 Å². The number of nitro benzene ring substituents is 1. The Bertz CT molecular complexity index is 609. The monoisotopic (exact) mass is 344 g/mol. The number of nitrogens with zero attached hydrogens (tertiary/aromatic N) is 2. The number of hydrogen-bond donors (Lipinski definition) is 0. The van der Waals surface area contributed by atoms with Crippen LogP contribution in [0.25, 0.3) is 0 Å². The van der Waals surface area contributed by atoms with Crippen molar-refractivity contribution in [3.8, 4) is 0 Å². The molecule has 4 nitrogen and oxygen atoms in total. The van der Waals surface area contributed by atoms with Crippen LogP contribution >= 0.6 is 39.3 Å². The van der Waals surface area contributed by atoms with E-state index in [0.29, 0.717) is 14.9 Å². The van der Waals surface area contributed by atoms with E-state index < -0.39 is 4.92 Å². The van der Waals surface area contributed by atoms with Gasteiger partial charge < -0.3 is 0 Å². The number of rotatable bonds is 3. The molecule has 0 amide bonds. The first kappa shape index (κ1) is 13.3. The van der Waals surface area contributed by atoms with E-state index in [0.717, 1.165) is 4.47 Å². The topological polar surface area (TPSA) is 56.0 Å². The highest BCUT2D eigenvalue weighted by molar-refractivity contribution is 9.10. The highest BCUT2D eigenvalue weighted by atomic mass is 79.9. The Morgan fingerprint density at radius 2 is 2.11 bits per heavy atom. The first-order valence-corrected chi connectivity index (χ1v) is 6.79. The molecular weight excluding hydrogens is 340 g/mol. The molecule has 0 fully saturated rings. The van der Waals surface area contributed by atoms with Crippen molar-refractivity contribution in [2.45, 2.75) is 9.92 Å². The summed E-state index contributed by atoms with van der Waals surface area (Å²) in [5.41, 5.74) is 0.0447. The van der Waals surface area contributed by atoms with Gasteiger partial charge in [0.15, 0.2) is 0 Å². The molecule has 1 aromatic heterocycles. The zero-order valence-corrected chi connectivity index (χ0v) is 12.0. The van der Waals surface area contributed by atoms with Crippen molar-refractivity contribution in [1.29, 1.82) is 0 Å². The summed E-state index contributed by atoms with van der Waals surface area (Å²) in [6.45, 7) is 0. The molecule has 0 aliphatic heterocycles. The second-order valence-corrected chi connectivity index (χ2v) is 5.62. The molecule has 0 saturated heterocycles. The number of aromatic nitrogens is 1. The van der Waals surface area contributed by atoms with Crippen molar-refractivity contribution < 1.29 is 4.92 Å². The quantitative estimate of drug-likeness (QED) is 0.604. The summed E-state index contributed by atoms with van der Waals surface area (Å²) in [7, 11) is 0. The maximum Gasteiger partial charge on any atom is 0.283 e. The van der Waals surface area contributed by atoms with Crippen LogP contribution in [0, 0.1) is 10.1 Å². The first-order valence-electron chi connectivity index (χ1n) is 4.80. The summed E-state index contributed by atoms with van der Waals surface area (Å²) in [5.74, 6) is 0. The van der Waals surface area contributed by atoms with Gasteiger partial charge in [0.2, 0.25) is 0 Å². The summed E-state index contributed by atoms with van der Waals surface area (Å²) in [5, 5.41) is 11.9. The lowest BCUT2D eigenvalue weighted by Crippen LogP contribution is -1.91. The number of pyridine rings is 1. The number of halogens is 2. The van der Waals surface area contributed by atoms with Crippen LogP contribution in [0.1, 0.15) is 0 Å². The highest BCUT2D eigenvalue weighted by Gasteiger charge is 2.15. The van der Waals surface area contributed by atoms with E-state index in [1.54, 1.807) is 30.5 Å². The van der Waals surface area contributed by atoms with Gasteiger partial charge in [-0.2, -0.15) is 0 Å². The Morgan fingerprint density at radius 3 is 2.78 bits per heavy atom. The average molecular weight is 346 g/mol. The Balaban J connectivity index is 2.37. The third kappa shape index (κ3) is 3.01. The van der Waals surface area contributed by atoms with Gasteiger partial charge in [-0.05, 0) is 28.1 Å². The molecule has 2 aromatic rings. The van der Waals surface area contributed by atoms with Crippen LogP contribution in [0.3, 0.4) is 0 Å².